The van der Waals surface area contributed by atoms with Gasteiger partial charge in [-0.15, -0.1) is 5.10 Å². The molecule has 1 aromatic rings. The van der Waals surface area contributed by atoms with Crippen LogP contribution in [-0.4, -0.2) is 91.1 Å². The molecule has 3 heterocycles. The van der Waals surface area contributed by atoms with Gasteiger partial charge in [-0.25, -0.2) is 4.68 Å². The van der Waals surface area contributed by atoms with Gasteiger partial charge in [0.1, 0.15) is 12.9 Å². The van der Waals surface area contributed by atoms with Gasteiger partial charge in [-0.2, -0.15) is 0 Å². The molecule has 3 fully saturated rings. The van der Waals surface area contributed by atoms with Crippen molar-refractivity contribution >= 4 is 18.3 Å². The Labute approximate surface area is 173 Å². The van der Waals surface area contributed by atoms with Gasteiger partial charge in [-0.05, 0) is 49.0 Å². The van der Waals surface area contributed by atoms with Crippen LogP contribution >= 0.6 is 0 Å². The molecule has 2 amide bonds. The number of tetrazole rings is 1. The van der Waals surface area contributed by atoms with E-state index in [2.05, 4.69) is 20.8 Å². The highest BCUT2D eigenvalue weighted by atomic mass is 16.5. The highest BCUT2D eigenvalue weighted by Gasteiger charge is 2.43. The number of amides is 2. The van der Waals surface area contributed by atoms with E-state index in [1.165, 1.54) is 11.0 Å². The Morgan fingerprint density at radius 1 is 1.27 bits per heavy atom. The summed E-state index contributed by atoms with van der Waals surface area (Å²) in [6, 6.07) is -0.419. The van der Waals surface area contributed by atoms with Gasteiger partial charge in [0.2, 0.25) is 11.8 Å². The maximum absolute atomic E-state index is 12.9. The van der Waals surface area contributed by atoms with Crippen LogP contribution in [0.1, 0.15) is 38.5 Å². The molecular formula is C18H28N6O6. The Hall–Kier alpha value is -2.60. The normalized spacial score (nSPS) is 27.4. The molecule has 166 valence electrons. The Kier molecular flexibility index (Phi) is 7.32. The lowest BCUT2D eigenvalue weighted by atomic mass is 9.88. The molecular weight excluding hydrogens is 396 g/mol. The van der Waals surface area contributed by atoms with Crippen molar-refractivity contribution in [2.45, 2.75) is 62.8 Å². The Morgan fingerprint density at radius 3 is 2.60 bits per heavy atom. The number of ether oxygens (including phenoxy) is 1. The second kappa shape index (κ2) is 9.94. The number of nitrogens with zero attached hydrogens (tertiary/aromatic N) is 5. The van der Waals surface area contributed by atoms with E-state index in [1.54, 1.807) is 0 Å². The van der Waals surface area contributed by atoms with Crippen LogP contribution in [0.3, 0.4) is 0 Å². The fourth-order valence-corrected chi connectivity index (χ4v) is 4.57. The van der Waals surface area contributed by atoms with Gasteiger partial charge in [-0.1, -0.05) is 0 Å². The van der Waals surface area contributed by atoms with Crippen LogP contribution in [0.2, 0.25) is 0 Å². The third-order valence-electron chi connectivity index (χ3n) is 6.09. The second-order valence-corrected chi connectivity index (χ2v) is 7.98. The van der Waals surface area contributed by atoms with Crippen molar-refractivity contribution in [2.75, 3.05) is 19.7 Å². The number of aliphatic hydroxyl groups excluding tert-OH is 1. The number of hydrogen-bond donors (Lipinski definition) is 3. The number of likely N-dealkylation sites (tertiary alicyclic amines) is 1. The molecule has 3 N–H and O–H groups in total. The lowest BCUT2D eigenvalue weighted by Crippen LogP contribution is -2.48. The minimum Gasteiger partial charge on any atom is -0.483 e. The SMILES string of the molecule is O=C(Cn1cnnn1)N[C@@H]1C[C@H](C(=O)N2CCC3(CCCO3)CC2)C[C@H]1O.O=CO. The first kappa shape index (κ1) is 22.1. The predicted octanol–water partition coefficient (Wildman–Crippen LogP) is -1.20. The molecule has 1 aromatic heterocycles. The fraction of sp³-hybridized carbons (Fsp3) is 0.778. The molecule has 30 heavy (non-hydrogen) atoms. The second-order valence-electron chi connectivity index (χ2n) is 7.98. The number of nitrogens with one attached hydrogen (secondary N) is 1. The first-order valence-corrected chi connectivity index (χ1v) is 10.1. The summed E-state index contributed by atoms with van der Waals surface area (Å²) in [6.45, 7) is 1.99. The number of carbonyl (C=O) groups is 3. The maximum Gasteiger partial charge on any atom is 0.290 e. The Balaban J connectivity index is 0.000000806. The predicted molar refractivity (Wildman–Crippen MR) is 101 cm³/mol. The van der Waals surface area contributed by atoms with Crippen molar-refractivity contribution in [3.63, 3.8) is 0 Å². The molecule has 1 saturated carbocycles. The summed E-state index contributed by atoms with van der Waals surface area (Å²) in [4.78, 5) is 35.2. The molecule has 2 saturated heterocycles. The van der Waals surface area contributed by atoms with E-state index in [0.717, 1.165) is 32.3 Å². The molecule has 3 aliphatic rings. The van der Waals surface area contributed by atoms with Gasteiger partial charge >= 0.3 is 0 Å². The molecule has 0 unspecified atom stereocenters. The van der Waals surface area contributed by atoms with E-state index in [1.807, 2.05) is 4.90 Å². The third kappa shape index (κ3) is 5.30. The first-order valence-electron chi connectivity index (χ1n) is 10.1. The summed E-state index contributed by atoms with van der Waals surface area (Å²) in [7, 11) is 0. The molecule has 0 aromatic carbocycles. The highest BCUT2D eigenvalue weighted by Crippen LogP contribution is 2.37. The van der Waals surface area contributed by atoms with Crippen molar-refractivity contribution < 1.29 is 29.3 Å². The highest BCUT2D eigenvalue weighted by molar-refractivity contribution is 5.80. The lowest BCUT2D eigenvalue weighted by molar-refractivity contribution is -0.140. The summed E-state index contributed by atoms with van der Waals surface area (Å²) in [5, 5.41) is 30.6. The largest absolute Gasteiger partial charge is 0.483 e. The molecule has 3 atom stereocenters. The van der Waals surface area contributed by atoms with Gasteiger partial charge in [0.15, 0.2) is 0 Å². The van der Waals surface area contributed by atoms with Crippen LogP contribution in [0.15, 0.2) is 6.33 Å². The van der Waals surface area contributed by atoms with E-state index in [9.17, 15) is 14.7 Å². The lowest BCUT2D eigenvalue weighted by Gasteiger charge is -2.39. The number of aromatic nitrogens is 4. The van der Waals surface area contributed by atoms with Crippen molar-refractivity contribution in [3.05, 3.63) is 6.33 Å². The zero-order chi connectivity index (χ0) is 21.6. The number of hydrogen-bond acceptors (Lipinski definition) is 8. The number of rotatable bonds is 4. The van der Waals surface area contributed by atoms with Crippen LogP contribution in [0, 0.1) is 5.92 Å². The van der Waals surface area contributed by atoms with Gasteiger partial charge < -0.3 is 25.2 Å². The summed E-state index contributed by atoms with van der Waals surface area (Å²) >= 11 is 0. The van der Waals surface area contributed by atoms with Gasteiger partial charge in [-0.3, -0.25) is 14.4 Å². The topological polar surface area (TPSA) is 160 Å². The molecule has 1 spiro atoms. The zero-order valence-corrected chi connectivity index (χ0v) is 16.7. The van der Waals surface area contributed by atoms with E-state index in [-0.39, 0.29) is 36.4 Å². The van der Waals surface area contributed by atoms with Crippen molar-refractivity contribution in [1.82, 2.24) is 30.4 Å². The van der Waals surface area contributed by atoms with E-state index < -0.39 is 12.1 Å². The molecule has 0 radical (unpaired) electrons. The first-order chi connectivity index (χ1) is 14.5. The van der Waals surface area contributed by atoms with Crippen LogP contribution in [-0.2, 0) is 25.7 Å². The van der Waals surface area contributed by atoms with Gasteiger partial charge in [0.25, 0.3) is 6.47 Å². The summed E-state index contributed by atoms with van der Waals surface area (Å²) < 4.78 is 7.23. The maximum atomic E-state index is 12.9. The monoisotopic (exact) mass is 424 g/mol. The molecule has 2 aliphatic heterocycles. The number of aliphatic hydroxyl groups is 1. The van der Waals surface area contributed by atoms with Gasteiger partial charge in [0, 0.05) is 25.6 Å². The molecule has 1 aliphatic carbocycles. The van der Waals surface area contributed by atoms with E-state index in [0.29, 0.717) is 25.9 Å². The average molecular weight is 424 g/mol. The fourth-order valence-electron chi connectivity index (χ4n) is 4.57. The van der Waals surface area contributed by atoms with Crippen molar-refractivity contribution in [1.29, 1.82) is 0 Å². The standard InChI is InChI=1S/C17H26N6O4.CH2O2/c24-14-9-12(8-13(14)19-15(25)10-23-11-18-20-21-23)16(26)22-5-3-17(4-6-22)2-1-7-27-17;2-1-3/h11-14,24H,1-10H2,(H,19,25);1H,(H,2,3)/t12-,13+,14+;/m0./s1. The summed E-state index contributed by atoms with van der Waals surface area (Å²) in [5.41, 5.74) is -0.0152. The Bertz CT molecular complexity index is 713. The van der Waals surface area contributed by atoms with E-state index >= 15 is 0 Å². The third-order valence-corrected chi connectivity index (χ3v) is 6.09. The smallest absolute Gasteiger partial charge is 0.290 e. The molecule has 4 rings (SSSR count). The quantitative estimate of drug-likeness (QED) is 0.504. The minimum atomic E-state index is -0.717. The Morgan fingerprint density at radius 2 is 2.00 bits per heavy atom. The van der Waals surface area contributed by atoms with Crippen molar-refractivity contribution in [3.8, 4) is 0 Å². The summed E-state index contributed by atoms with van der Waals surface area (Å²) in [6.07, 6.45) is 5.45. The van der Waals surface area contributed by atoms with Crippen molar-refractivity contribution in [2.24, 2.45) is 5.92 Å². The van der Waals surface area contributed by atoms with E-state index in [4.69, 9.17) is 14.6 Å². The number of carbonyl (C=O) groups excluding carboxylic acids is 2. The molecule has 12 nitrogen and oxygen atoms in total. The average Bonchev–Trinajstić information content (AvgIpc) is 3.46. The van der Waals surface area contributed by atoms with Crippen LogP contribution < -0.4 is 5.32 Å². The van der Waals surface area contributed by atoms with Gasteiger partial charge in [0.05, 0.1) is 17.7 Å². The van der Waals surface area contributed by atoms with Crippen LogP contribution in [0.25, 0.3) is 0 Å². The van der Waals surface area contributed by atoms with Crippen LogP contribution in [0.4, 0.5) is 0 Å². The molecule has 12 heteroatoms. The number of piperidine rings is 1. The molecule has 0 bridgehead atoms. The van der Waals surface area contributed by atoms with Crippen LogP contribution in [0.5, 0.6) is 0 Å². The zero-order valence-electron chi connectivity index (χ0n) is 16.7. The number of carboxylic acid groups (broad SMARTS) is 1. The minimum absolute atomic E-state index is 0.0109. The summed E-state index contributed by atoms with van der Waals surface area (Å²) in [5.74, 6) is -0.450.